The van der Waals surface area contributed by atoms with Gasteiger partial charge in [0.25, 0.3) is 0 Å². The molecule has 1 rings (SSSR count). The van der Waals surface area contributed by atoms with Gasteiger partial charge in [0.2, 0.25) is 0 Å². The lowest BCUT2D eigenvalue weighted by Gasteiger charge is -2.16. The topological polar surface area (TPSA) is 44.7 Å². The van der Waals surface area contributed by atoms with Crippen molar-refractivity contribution < 1.29 is 9.84 Å². The van der Waals surface area contributed by atoms with E-state index >= 15 is 0 Å². The Labute approximate surface area is 92.6 Å². The molecule has 1 aliphatic rings. The molecular weight excluding hydrogens is 192 g/mol. The van der Waals surface area contributed by atoms with Crippen LogP contribution >= 0.6 is 0 Å². The Hall–Kier alpha value is -0.160. The Bertz CT molecular complexity index is 165. The molecule has 1 aliphatic carbocycles. The Balaban J connectivity index is 1.88. The summed E-state index contributed by atoms with van der Waals surface area (Å²) in [5, 5.41) is 12.9. The van der Waals surface area contributed by atoms with Gasteiger partial charge in [0, 0.05) is 19.1 Å². The average Bonchev–Trinajstić information content (AvgIpc) is 2.57. The summed E-state index contributed by atoms with van der Waals surface area (Å²) in [5.41, 5.74) is 0. The number of nitrogens with zero attached hydrogens (tertiary/aromatic N) is 1. The van der Waals surface area contributed by atoms with Crippen molar-refractivity contribution in [2.45, 2.75) is 31.4 Å². The molecule has 1 fully saturated rings. The quantitative estimate of drug-likeness (QED) is 0.591. The van der Waals surface area contributed by atoms with E-state index in [-0.39, 0.29) is 6.10 Å². The largest absolute Gasteiger partial charge is 0.392 e. The maximum Gasteiger partial charge on any atom is 0.0693 e. The van der Waals surface area contributed by atoms with Gasteiger partial charge < -0.3 is 20.1 Å². The van der Waals surface area contributed by atoms with Crippen LogP contribution in [0.15, 0.2) is 0 Å². The average molecular weight is 216 g/mol. The molecule has 1 saturated carbocycles. The van der Waals surface area contributed by atoms with Crippen molar-refractivity contribution >= 4 is 0 Å². The molecule has 0 saturated heterocycles. The molecule has 0 radical (unpaired) electrons. The fraction of sp³-hybridized carbons (Fsp3) is 1.00. The fourth-order valence-corrected chi connectivity index (χ4v) is 1.84. The van der Waals surface area contributed by atoms with E-state index in [0.29, 0.717) is 6.04 Å². The summed E-state index contributed by atoms with van der Waals surface area (Å²) >= 11 is 0. The van der Waals surface area contributed by atoms with E-state index in [4.69, 9.17) is 4.74 Å². The van der Waals surface area contributed by atoms with Crippen LogP contribution < -0.4 is 5.32 Å². The van der Waals surface area contributed by atoms with Gasteiger partial charge >= 0.3 is 0 Å². The molecule has 0 aromatic heterocycles. The van der Waals surface area contributed by atoms with E-state index in [1.807, 2.05) is 14.1 Å². The molecule has 0 amide bonds. The van der Waals surface area contributed by atoms with Gasteiger partial charge in [0.05, 0.1) is 19.3 Å². The predicted molar refractivity (Wildman–Crippen MR) is 61.0 cm³/mol. The second kappa shape index (κ2) is 7.17. The number of hydrogen-bond acceptors (Lipinski definition) is 4. The summed E-state index contributed by atoms with van der Waals surface area (Å²) < 4.78 is 5.45. The third-order valence-corrected chi connectivity index (χ3v) is 2.82. The van der Waals surface area contributed by atoms with Gasteiger partial charge in [-0.2, -0.15) is 0 Å². The molecule has 0 aromatic rings. The monoisotopic (exact) mass is 216 g/mol. The van der Waals surface area contributed by atoms with Crippen LogP contribution in [-0.4, -0.2) is 62.6 Å². The third kappa shape index (κ3) is 5.47. The first-order valence-corrected chi connectivity index (χ1v) is 5.84. The summed E-state index contributed by atoms with van der Waals surface area (Å²) in [6.07, 6.45) is 3.03. The lowest BCUT2D eigenvalue weighted by molar-refractivity contribution is 0.107. The highest BCUT2D eigenvalue weighted by Crippen LogP contribution is 2.18. The number of aliphatic hydroxyl groups is 1. The zero-order valence-corrected chi connectivity index (χ0v) is 9.91. The van der Waals surface area contributed by atoms with E-state index in [0.717, 1.165) is 45.6 Å². The molecule has 0 unspecified atom stereocenters. The van der Waals surface area contributed by atoms with Crippen molar-refractivity contribution in [1.82, 2.24) is 10.2 Å². The highest BCUT2D eigenvalue weighted by atomic mass is 16.5. The van der Waals surface area contributed by atoms with Gasteiger partial charge in [-0.15, -0.1) is 0 Å². The molecule has 0 bridgehead atoms. The van der Waals surface area contributed by atoms with Crippen LogP contribution in [0, 0.1) is 0 Å². The molecule has 0 aliphatic heterocycles. The van der Waals surface area contributed by atoms with Crippen molar-refractivity contribution in [2.24, 2.45) is 0 Å². The zero-order valence-electron chi connectivity index (χ0n) is 9.91. The molecule has 0 aromatic carbocycles. The molecule has 4 nitrogen and oxygen atoms in total. The lowest BCUT2D eigenvalue weighted by atomic mass is 10.2. The Kier molecular flexibility index (Phi) is 6.17. The van der Waals surface area contributed by atoms with Gasteiger partial charge in [-0.3, -0.25) is 0 Å². The van der Waals surface area contributed by atoms with Crippen LogP contribution in [0.4, 0.5) is 0 Å². The van der Waals surface area contributed by atoms with Crippen molar-refractivity contribution in [2.75, 3.05) is 40.4 Å². The van der Waals surface area contributed by atoms with E-state index in [1.54, 1.807) is 0 Å². The minimum Gasteiger partial charge on any atom is -0.392 e. The summed E-state index contributed by atoms with van der Waals surface area (Å²) in [5.74, 6) is 0. The number of likely N-dealkylation sites (N-methyl/N-ethyl adjacent to an activating group) is 1. The molecule has 2 N–H and O–H groups in total. The zero-order chi connectivity index (χ0) is 11.1. The van der Waals surface area contributed by atoms with E-state index in [9.17, 15) is 5.11 Å². The minimum absolute atomic E-state index is 0.147. The first-order valence-electron chi connectivity index (χ1n) is 5.84. The lowest BCUT2D eigenvalue weighted by Crippen LogP contribution is -2.37. The first-order chi connectivity index (χ1) is 7.20. The summed E-state index contributed by atoms with van der Waals surface area (Å²) in [4.78, 5) is 2.11. The molecule has 4 heteroatoms. The third-order valence-electron chi connectivity index (χ3n) is 2.82. The van der Waals surface area contributed by atoms with Gasteiger partial charge in [0.1, 0.15) is 0 Å². The molecule has 15 heavy (non-hydrogen) atoms. The van der Waals surface area contributed by atoms with Crippen LogP contribution in [0.25, 0.3) is 0 Å². The summed E-state index contributed by atoms with van der Waals surface area (Å²) in [6.45, 7) is 3.32. The minimum atomic E-state index is -0.147. The number of ether oxygens (including phenoxy) is 1. The van der Waals surface area contributed by atoms with Crippen molar-refractivity contribution in [3.05, 3.63) is 0 Å². The smallest absolute Gasteiger partial charge is 0.0693 e. The Morgan fingerprint density at radius 1 is 1.33 bits per heavy atom. The van der Waals surface area contributed by atoms with Crippen molar-refractivity contribution in [1.29, 1.82) is 0 Å². The van der Waals surface area contributed by atoms with Crippen LogP contribution in [0.5, 0.6) is 0 Å². The first kappa shape index (κ1) is 12.9. The fourth-order valence-electron chi connectivity index (χ4n) is 1.84. The summed E-state index contributed by atoms with van der Waals surface area (Å²) in [6, 6.07) is 0.294. The molecule has 0 spiro atoms. The predicted octanol–water partition coefficient (Wildman–Crippen LogP) is 0.0676. The Morgan fingerprint density at radius 2 is 2.13 bits per heavy atom. The van der Waals surface area contributed by atoms with Crippen LogP contribution in [0.1, 0.15) is 19.3 Å². The van der Waals surface area contributed by atoms with Crippen LogP contribution in [0.2, 0.25) is 0 Å². The van der Waals surface area contributed by atoms with Crippen molar-refractivity contribution in [3.63, 3.8) is 0 Å². The van der Waals surface area contributed by atoms with Gasteiger partial charge in [-0.25, -0.2) is 0 Å². The maximum absolute atomic E-state index is 9.55. The maximum atomic E-state index is 9.55. The highest BCUT2D eigenvalue weighted by molar-refractivity contribution is 4.82. The molecule has 90 valence electrons. The SMILES string of the molecule is CN(C)CCOCCN[C@@H]1CCC[C@H]1O. The van der Waals surface area contributed by atoms with E-state index in [1.165, 1.54) is 0 Å². The molecular formula is C11H24N2O2. The van der Waals surface area contributed by atoms with Gasteiger partial charge in [-0.05, 0) is 33.4 Å². The van der Waals surface area contributed by atoms with Crippen LogP contribution in [0.3, 0.4) is 0 Å². The number of nitrogens with one attached hydrogen (secondary N) is 1. The summed E-state index contributed by atoms with van der Waals surface area (Å²) in [7, 11) is 4.08. The molecule has 0 heterocycles. The Morgan fingerprint density at radius 3 is 2.73 bits per heavy atom. The van der Waals surface area contributed by atoms with Crippen molar-refractivity contribution in [3.8, 4) is 0 Å². The van der Waals surface area contributed by atoms with Gasteiger partial charge in [0.15, 0.2) is 0 Å². The second-order valence-corrected chi connectivity index (χ2v) is 4.47. The highest BCUT2D eigenvalue weighted by Gasteiger charge is 2.23. The van der Waals surface area contributed by atoms with E-state index in [2.05, 4.69) is 10.2 Å². The number of hydrogen-bond donors (Lipinski definition) is 2. The standard InChI is InChI=1S/C11H24N2O2/c1-13(2)7-9-15-8-6-12-10-4-3-5-11(10)14/h10-12,14H,3-9H2,1-2H3/t10-,11-/m1/s1. The van der Waals surface area contributed by atoms with Gasteiger partial charge in [-0.1, -0.05) is 0 Å². The van der Waals surface area contributed by atoms with E-state index < -0.39 is 0 Å². The molecule has 2 atom stereocenters. The number of rotatable bonds is 7. The van der Waals surface area contributed by atoms with Crippen LogP contribution in [-0.2, 0) is 4.74 Å². The number of aliphatic hydroxyl groups excluding tert-OH is 1. The second-order valence-electron chi connectivity index (χ2n) is 4.47. The normalized spacial score (nSPS) is 26.4.